The molecular weight excluding hydrogens is 524 g/mol. The number of nitrogens with one attached hydrogen (secondary N) is 1. The fourth-order valence-corrected chi connectivity index (χ4v) is 5.91. The smallest absolute Gasteiger partial charge is 0.220 e. The molecule has 0 aliphatic heterocycles. The zero-order valence-corrected chi connectivity index (χ0v) is 24.3. The lowest BCUT2D eigenvalue weighted by atomic mass is 9.98. The van der Waals surface area contributed by atoms with Crippen LogP contribution in [0.15, 0.2) is 120 Å². The maximum atomic E-state index is 13.0. The topological polar surface area (TPSA) is 59.8 Å². The van der Waals surface area contributed by atoms with E-state index < -0.39 is 0 Å². The van der Waals surface area contributed by atoms with Gasteiger partial charge in [0.05, 0.1) is 11.7 Å². The van der Waals surface area contributed by atoms with Gasteiger partial charge in [-0.1, -0.05) is 121 Å². The van der Waals surface area contributed by atoms with Gasteiger partial charge in [0.2, 0.25) is 5.91 Å². The molecule has 1 N–H and O–H groups in total. The van der Waals surface area contributed by atoms with Crippen LogP contribution in [-0.2, 0) is 17.6 Å². The van der Waals surface area contributed by atoms with E-state index in [0.717, 1.165) is 47.2 Å². The number of thioether (sulfide) groups is 1. The Hall–Kier alpha value is -4.16. The highest BCUT2D eigenvalue weighted by Crippen LogP contribution is 2.26. The molecule has 0 spiro atoms. The number of benzene rings is 4. The molecule has 208 valence electrons. The number of hydrogen-bond donors (Lipinski definition) is 1. The van der Waals surface area contributed by atoms with Crippen LogP contribution < -0.4 is 5.32 Å². The van der Waals surface area contributed by atoms with E-state index in [4.69, 9.17) is 0 Å². The third kappa shape index (κ3) is 7.95. The Morgan fingerprint density at radius 1 is 0.780 bits per heavy atom. The van der Waals surface area contributed by atoms with Crippen LogP contribution in [0, 0.1) is 6.92 Å². The van der Waals surface area contributed by atoms with Gasteiger partial charge in [-0.25, -0.2) is 0 Å². The van der Waals surface area contributed by atoms with Crippen LogP contribution in [-0.4, -0.2) is 26.4 Å². The summed E-state index contributed by atoms with van der Waals surface area (Å²) in [5, 5.41) is 13.3. The summed E-state index contributed by atoms with van der Waals surface area (Å²) in [5.41, 5.74) is 5.84. The number of nitrogens with zero attached hydrogens (tertiary/aromatic N) is 3. The van der Waals surface area contributed by atoms with Crippen LogP contribution in [0.4, 0.5) is 0 Å². The summed E-state index contributed by atoms with van der Waals surface area (Å²) in [6.07, 6.45) is 3.73. The molecule has 0 fully saturated rings. The molecule has 5 aromatic rings. The van der Waals surface area contributed by atoms with Crippen LogP contribution in [0.2, 0.25) is 0 Å². The Morgan fingerprint density at radius 2 is 1.41 bits per heavy atom. The molecule has 0 bridgehead atoms. The highest BCUT2D eigenvalue weighted by Gasteiger charge is 2.17. The molecule has 1 atom stereocenters. The predicted molar refractivity (Wildman–Crippen MR) is 167 cm³/mol. The number of carbonyl (C=O) groups excluding carboxylic acids is 1. The van der Waals surface area contributed by atoms with Crippen LogP contribution in [0.1, 0.15) is 53.4 Å². The number of hydrogen-bond acceptors (Lipinski definition) is 4. The van der Waals surface area contributed by atoms with E-state index in [0.29, 0.717) is 12.8 Å². The molecule has 4 aromatic carbocycles. The summed E-state index contributed by atoms with van der Waals surface area (Å²) in [5.74, 6) is 1.89. The number of aryl methyl sites for hydroxylation is 1. The summed E-state index contributed by atoms with van der Waals surface area (Å²) in [6, 6.07) is 39.3. The van der Waals surface area contributed by atoms with Gasteiger partial charge in [0.1, 0.15) is 5.82 Å². The van der Waals surface area contributed by atoms with E-state index in [1.54, 1.807) is 11.8 Å². The molecule has 5 rings (SSSR count). The van der Waals surface area contributed by atoms with Gasteiger partial charge in [0.25, 0.3) is 0 Å². The first-order valence-corrected chi connectivity index (χ1v) is 15.2. The van der Waals surface area contributed by atoms with Gasteiger partial charge >= 0.3 is 0 Å². The lowest BCUT2D eigenvalue weighted by Gasteiger charge is -2.19. The molecule has 1 unspecified atom stereocenters. The number of para-hydroxylation sites is 1. The van der Waals surface area contributed by atoms with E-state index in [2.05, 4.69) is 99.8 Å². The summed E-state index contributed by atoms with van der Waals surface area (Å²) in [7, 11) is 0. The van der Waals surface area contributed by atoms with E-state index >= 15 is 0 Å². The standard InChI is InChI=1S/C35H36N4OS/c1-27-15-11-12-22-32(27)39-33(26-29-18-7-3-8-19-29)37-38-35(39)41-24-14-13-23-34(40)36-31(30-20-9-4-10-21-30)25-28-16-5-2-6-17-28/h2-12,15-22,31H,13-14,23-26H2,1H3,(H,36,40). The van der Waals surface area contributed by atoms with Crippen molar-refractivity contribution < 1.29 is 4.79 Å². The number of unbranched alkanes of at least 4 members (excludes halogenated alkanes) is 1. The molecule has 1 aromatic heterocycles. The van der Waals surface area contributed by atoms with Crippen molar-refractivity contribution in [2.24, 2.45) is 0 Å². The first kappa shape index (κ1) is 28.4. The summed E-state index contributed by atoms with van der Waals surface area (Å²) in [4.78, 5) is 13.0. The predicted octanol–water partition coefficient (Wildman–Crippen LogP) is 7.53. The van der Waals surface area contributed by atoms with Gasteiger partial charge in [0, 0.05) is 18.6 Å². The monoisotopic (exact) mass is 560 g/mol. The molecule has 0 aliphatic carbocycles. The minimum Gasteiger partial charge on any atom is -0.349 e. The number of aromatic nitrogens is 3. The van der Waals surface area contributed by atoms with Gasteiger partial charge in [-0.05, 0) is 54.5 Å². The molecule has 0 radical (unpaired) electrons. The molecule has 41 heavy (non-hydrogen) atoms. The zero-order chi connectivity index (χ0) is 28.3. The first-order chi connectivity index (χ1) is 20.2. The first-order valence-electron chi connectivity index (χ1n) is 14.2. The Labute approximate surface area is 247 Å². The third-order valence-corrected chi connectivity index (χ3v) is 8.13. The third-order valence-electron chi connectivity index (χ3n) is 7.11. The van der Waals surface area contributed by atoms with Crippen molar-refractivity contribution in [2.75, 3.05) is 5.75 Å². The lowest BCUT2D eigenvalue weighted by molar-refractivity contribution is -0.121. The Kier molecular flexibility index (Phi) is 10.0. The van der Waals surface area contributed by atoms with E-state index in [1.165, 1.54) is 16.7 Å². The van der Waals surface area contributed by atoms with Gasteiger partial charge < -0.3 is 5.32 Å². The Morgan fingerprint density at radius 3 is 2.12 bits per heavy atom. The Balaban J connectivity index is 1.18. The van der Waals surface area contributed by atoms with E-state index in [1.807, 2.05) is 42.5 Å². The number of carbonyl (C=O) groups is 1. The minimum atomic E-state index is -0.0452. The lowest BCUT2D eigenvalue weighted by Crippen LogP contribution is -2.29. The van der Waals surface area contributed by atoms with E-state index in [-0.39, 0.29) is 11.9 Å². The number of rotatable bonds is 13. The maximum Gasteiger partial charge on any atom is 0.220 e. The van der Waals surface area contributed by atoms with Crippen molar-refractivity contribution in [3.63, 3.8) is 0 Å². The van der Waals surface area contributed by atoms with Crippen molar-refractivity contribution in [3.05, 3.63) is 143 Å². The number of amides is 1. The molecule has 6 heteroatoms. The quantitative estimate of drug-likeness (QED) is 0.119. The molecule has 1 amide bonds. The molecular formula is C35H36N4OS. The SMILES string of the molecule is Cc1ccccc1-n1c(Cc2ccccc2)nnc1SCCCCC(=O)NC(Cc1ccccc1)c1ccccc1. The van der Waals surface area contributed by atoms with E-state index in [9.17, 15) is 4.79 Å². The van der Waals surface area contributed by atoms with Gasteiger partial charge in [-0.15, -0.1) is 10.2 Å². The average Bonchev–Trinajstić information content (AvgIpc) is 3.40. The molecule has 0 saturated heterocycles. The molecule has 0 saturated carbocycles. The average molecular weight is 561 g/mol. The van der Waals surface area contributed by atoms with Crippen molar-refractivity contribution in [1.29, 1.82) is 0 Å². The maximum absolute atomic E-state index is 13.0. The molecule has 0 aliphatic rings. The summed E-state index contributed by atoms with van der Waals surface area (Å²) in [6.45, 7) is 2.12. The highest BCUT2D eigenvalue weighted by molar-refractivity contribution is 7.99. The normalized spacial score (nSPS) is 11.7. The fourth-order valence-electron chi connectivity index (χ4n) is 4.95. The van der Waals surface area contributed by atoms with Crippen LogP contribution in [0.5, 0.6) is 0 Å². The van der Waals surface area contributed by atoms with Crippen molar-refractivity contribution in [1.82, 2.24) is 20.1 Å². The second kappa shape index (κ2) is 14.5. The van der Waals surface area contributed by atoms with Gasteiger partial charge in [-0.3, -0.25) is 9.36 Å². The second-order valence-corrected chi connectivity index (χ2v) is 11.3. The second-order valence-electron chi connectivity index (χ2n) is 10.2. The van der Waals surface area contributed by atoms with Gasteiger partial charge in [-0.2, -0.15) is 0 Å². The van der Waals surface area contributed by atoms with Crippen molar-refractivity contribution >= 4 is 17.7 Å². The zero-order valence-electron chi connectivity index (χ0n) is 23.4. The Bertz CT molecular complexity index is 1520. The van der Waals surface area contributed by atoms with Crippen molar-refractivity contribution in [3.8, 4) is 5.69 Å². The summed E-state index contributed by atoms with van der Waals surface area (Å²) >= 11 is 1.70. The summed E-state index contributed by atoms with van der Waals surface area (Å²) < 4.78 is 2.19. The fraction of sp³-hybridized carbons (Fsp3) is 0.229. The van der Waals surface area contributed by atoms with Gasteiger partial charge in [0.15, 0.2) is 5.16 Å². The highest BCUT2D eigenvalue weighted by atomic mass is 32.2. The largest absolute Gasteiger partial charge is 0.349 e. The minimum absolute atomic E-state index is 0.0452. The van der Waals surface area contributed by atoms with Crippen molar-refractivity contribution in [2.45, 2.75) is 50.2 Å². The van der Waals surface area contributed by atoms with Crippen LogP contribution >= 0.6 is 11.8 Å². The molecule has 5 nitrogen and oxygen atoms in total. The molecule has 1 heterocycles. The van der Waals surface area contributed by atoms with Crippen LogP contribution in [0.25, 0.3) is 5.69 Å². The van der Waals surface area contributed by atoms with Crippen LogP contribution in [0.3, 0.4) is 0 Å².